The lowest BCUT2D eigenvalue weighted by molar-refractivity contribution is -0.146. The van der Waals surface area contributed by atoms with E-state index in [9.17, 15) is 35.6 Å². The number of pyridine rings is 1. The van der Waals surface area contributed by atoms with Gasteiger partial charge in [0.15, 0.2) is 0 Å². The maximum absolute atomic E-state index is 14.6. The average molecular weight is 645 g/mol. The van der Waals surface area contributed by atoms with E-state index >= 15 is 0 Å². The Morgan fingerprint density at radius 3 is 2.56 bits per heavy atom. The van der Waals surface area contributed by atoms with Crippen molar-refractivity contribution in [1.82, 2.24) is 10.3 Å². The van der Waals surface area contributed by atoms with Crippen molar-refractivity contribution >= 4 is 39.5 Å². The first kappa shape index (κ1) is 33.0. The highest BCUT2D eigenvalue weighted by Crippen LogP contribution is 2.34. The molecule has 1 aliphatic heterocycles. The van der Waals surface area contributed by atoms with Gasteiger partial charge in [0.25, 0.3) is 0 Å². The molecule has 1 aliphatic rings. The number of sulfonamides is 1. The fourth-order valence-electron chi connectivity index (χ4n) is 4.65. The van der Waals surface area contributed by atoms with Crippen LogP contribution in [0.3, 0.4) is 0 Å². The summed E-state index contributed by atoms with van der Waals surface area (Å²) in [5.41, 5.74) is -0.515. The zero-order valence-electron chi connectivity index (χ0n) is 23.9. The zero-order valence-corrected chi connectivity index (χ0v) is 24.7. The SMILES string of the molecule is C#Cc1cc(CNC(=O)C=Cc2ccc(C(F)(F)F)nc2N2CCCC2C(=O)OCc2ccccc2)cc(F)c1NS(C)(=O)=O. The van der Waals surface area contributed by atoms with Crippen LogP contribution >= 0.6 is 0 Å². The normalized spacial score (nSPS) is 15.1. The van der Waals surface area contributed by atoms with Crippen LogP contribution in [0.1, 0.15) is 40.8 Å². The first-order valence-corrected chi connectivity index (χ1v) is 15.4. The van der Waals surface area contributed by atoms with Gasteiger partial charge >= 0.3 is 12.1 Å². The van der Waals surface area contributed by atoms with E-state index in [1.54, 1.807) is 24.3 Å². The number of nitrogens with one attached hydrogen (secondary N) is 2. The van der Waals surface area contributed by atoms with E-state index in [0.717, 1.165) is 36.1 Å². The van der Waals surface area contributed by atoms with Crippen LogP contribution in [-0.4, -0.2) is 44.1 Å². The number of benzene rings is 2. The molecule has 1 fully saturated rings. The Bertz CT molecular complexity index is 1760. The second kappa shape index (κ2) is 13.8. The minimum absolute atomic E-state index is 0.00333. The van der Waals surface area contributed by atoms with Crippen molar-refractivity contribution in [2.75, 3.05) is 22.4 Å². The first-order chi connectivity index (χ1) is 21.2. The number of carbonyl (C=O) groups excluding carboxylic acids is 2. The summed E-state index contributed by atoms with van der Waals surface area (Å²) in [6.45, 7) is 0.0316. The number of hydrogen-bond acceptors (Lipinski definition) is 7. The molecule has 0 saturated carbocycles. The number of rotatable bonds is 10. The Hall–Kier alpha value is -4.90. The van der Waals surface area contributed by atoms with Crippen LogP contribution in [0.4, 0.5) is 29.1 Å². The highest BCUT2D eigenvalue weighted by molar-refractivity contribution is 7.92. The number of nitrogens with zero attached hydrogens (tertiary/aromatic N) is 2. The van der Waals surface area contributed by atoms with Crippen LogP contribution in [0.2, 0.25) is 0 Å². The van der Waals surface area contributed by atoms with Gasteiger partial charge in [0.1, 0.15) is 30.0 Å². The third kappa shape index (κ3) is 8.82. The lowest BCUT2D eigenvalue weighted by Crippen LogP contribution is -2.38. The number of alkyl halides is 3. The Kier molecular flexibility index (Phi) is 10.1. The number of amides is 1. The molecule has 0 spiro atoms. The van der Waals surface area contributed by atoms with Crippen molar-refractivity contribution in [3.63, 3.8) is 0 Å². The maximum atomic E-state index is 14.6. The van der Waals surface area contributed by atoms with Gasteiger partial charge in [-0.3, -0.25) is 9.52 Å². The largest absolute Gasteiger partial charge is 0.459 e. The quantitative estimate of drug-likeness (QED) is 0.143. The first-order valence-electron chi connectivity index (χ1n) is 13.5. The summed E-state index contributed by atoms with van der Waals surface area (Å²) >= 11 is 0. The van der Waals surface area contributed by atoms with Crippen molar-refractivity contribution in [2.24, 2.45) is 0 Å². The van der Waals surface area contributed by atoms with E-state index in [1.807, 2.05) is 10.8 Å². The molecule has 3 aromatic rings. The fraction of sp³-hybridized carbons (Fsp3) is 0.258. The van der Waals surface area contributed by atoms with E-state index in [0.29, 0.717) is 12.8 Å². The molecule has 0 radical (unpaired) electrons. The standard InChI is InChI=1S/C31H28F4N4O5S/c1-3-22-16-21(17-24(32)28(22)38-45(2,42)43)18-36-27(40)14-12-23-11-13-26(31(33,34)35)37-29(23)39-15-7-10-25(39)30(41)44-19-20-8-5-4-6-9-20/h1,4-6,8-9,11-14,16-17,25,38H,7,10,15,18-19H2,2H3,(H,36,40). The molecule has 2 aromatic carbocycles. The summed E-state index contributed by atoms with van der Waals surface area (Å²) in [6.07, 6.45) is 4.63. The molecular weight excluding hydrogens is 616 g/mol. The number of hydrogen-bond donors (Lipinski definition) is 2. The predicted octanol–water partition coefficient (Wildman–Crippen LogP) is 4.63. The second-order valence-corrected chi connectivity index (χ2v) is 11.9. The molecule has 236 valence electrons. The summed E-state index contributed by atoms with van der Waals surface area (Å²) in [5, 5.41) is 2.51. The van der Waals surface area contributed by atoms with Crippen molar-refractivity contribution in [3.05, 3.63) is 94.4 Å². The molecule has 1 unspecified atom stereocenters. The van der Waals surface area contributed by atoms with Gasteiger partial charge in [-0.05, 0) is 54.3 Å². The summed E-state index contributed by atoms with van der Waals surface area (Å²) < 4.78 is 85.8. The summed E-state index contributed by atoms with van der Waals surface area (Å²) in [5.74, 6) is -0.181. The smallest absolute Gasteiger partial charge is 0.433 e. The van der Waals surface area contributed by atoms with Crippen molar-refractivity contribution in [2.45, 2.75) is 38.2 Å². The number of ether oxygens (including phenoxy) is 1. The van der Waals surface area contributed by atoms with E-state index in [4.69, 9.17) is 11.2 Å². The molecule has 2 N–H and O–H groups in total. The molecule has 45 heavy (non-hydrogen) atoms. The Balaban J connectivity index is 1.51. The highest BCUT2D eigenvalue weighted by atomic mass is 32.2. The summed E-state index contributed by atoms with van der Waals surface area (Å²) in [7, 11) is -3.81. The van der Waals surface area contributed by atoms with Crippen LogP contribution in [0.5, 0.6) is 0 Å². The molecule has 1 saturated heterocycles. The molecule has 1 amide bonds. The van der Waals surface area contributed by atoms with Gasteiger partial charge in [0.2, 0.25) is 15.9 Å². The number of carbonyl (C=O) groups is 2. The van der Waals surface area contributed by atoms with Gasteiger partial charge < -0.3 is 15.0 Å². The van der Waals surface area contributed by atoms with Gasteiger partial charge in [-0.1, -0.05) is 36.3 Å². The van der Waals surface area contributed by atoms with Crippen LogP contribution in [0.15, 0.2) is 60.7 Å². The van der Waals surface area contributed by atoms with E-state index in [-0.39, 0.29) is 42.2 Å². The molecule has 14 heteroatoms. The third-order valence-corrected chi connectivity index (χ3v) is 7.27. The van der Waals surface area contributed by atoms with Crippen molar-refractivity contribution < 1.29 is 40.3 Å². The van der Waals surface area contributed by atoms with Crippen LogP contribution in [0, 0.1) is 18.2 Å². The maximum Gasteiger partial charge on any atom is 0.433 e. The second-order valence-electron chi connectivity index (χ2n) is 10.1. The Morgan fingerprint density at radius 2 is 1.89 bits per heavy atom. The zero-order chi connectivity index (χ0) is 32.8. The number of aromatic nitrogens is 1. The van der Waals surface area contributed by atoms with Gasteiger partial charge in [-0.2, -0.15) is 13.2 Å². The Morgan fingerprint density at radius 1 is 1.16 bits per heavy atom. The molecule has 1 aromatic heterocycles. The monoisotopic (exact) mass is 644 g/mol. The Labute approximate surface area is 257 Å². The molecule has 1 atom stereocenters. The fourth-order valence-corrected chi connectivity index (χ4v) is 5.23. The topological polar surface area (TPSA) is 118 Å². The lowest BCUT2D eigenvalue weighted by atomic mass is 10.1. The van der Waals surface area contributed by atoms with E-state index < -0.39 is 51.3 Å². The van der Waals surface area contributed by atoms with Crippen LogP contribution < -0.4 is 14.9 Å². The summed E-state index contributed by atoms with van der Waals surface area (Å²) in [4.78, 5) is 30.8. The molecule has 0 aliphatic carbocycles. The third-order valence-electron chi connectivity index (χ3n) is 6.69. The number of terminal acetylenes is 1. The molecule has 9 nitrogen and oxygen atoms in total. The van der Waals surface area contributed by atoms with Gasteiger partial charge in [0.05, 0.1) is 17.5 Å². The molecule has 0 bridgehead atoms. The molecular formula is C31H28F4N4O5S. The van der Waals surface area contributed by atoms with Crippen LogP contribution in [0.25, 0.3) is 6.08 Å². The van der Waals surface area contributed by atoms with Crippen molar-refractivity contribution in [1.29, 1.82) is 0 Å². The lowest BCUT2D eigenvalue weighted by Gasteiger charge is -2.26. The molecule has 4 rings (SSSR count). The number of anilines is 2. The van der Waals surface area contributed by atoms with Gasteiger partial charge in [-0.15, -0.1) is 6.42 Å². The van der Waals surface area contributed by atoms with E-state index in [1.165, 1.54) is 17.0 Å². The predicted molar refractivity (Wildman–Crippen MR) is 160 cm³/mol. The minimum atomic E-state index is -4.75. The van der Waals surface area contributed by atoms with E-state index in [2.05, 4.69) is 16.2 Å². The summed E-state index contributed by atoms with van der Waals surface area (Å²) in [6, 6.07) is 12.3. The van der Waals surface area contributed by atoms with Gasteiger partial charge in [-0.25, -0.2) is 22.6 Å². The van der Waals surface area contributed by atoms with Crippen molar-refractivity contribution in [3.8, 4) is 12.3 Å². The van der Waals surface area contributed by atoms with Crippen LogP contribution in [-0.2, 0) is 43.7 Å². The average Bonchev–Trinajstić information content (AvgIpc) is 3.48. The minimum Gasteiger partial charge on any atom is -0.459 e. The number of halogens is 4. The molecule has 2 heterocycles. The highest BCUT2D eigenvalue weighted by Gasteiger charge is 2.37. The van der Waals surface area contributed by atoms with Gasteiger partial charge in [0, 0.05) is 24.7 Å². The number of esters is 1.